The smallest absolute Gasteiger partial charge is 0.131 e. The fourth-order valence-electron chi connectivity index (χ4n) is 2.49. The molecule has 2 rings (SSSR count). The third kappa shape index (κ3) is 4.56. The van der Waals surface area contributed by atoms with Crippen LogP contribution in [0.25, 0.3) is 0 Å². The normalized spacial score (nSPS) is 23.1. The van der Waals surface area contributed by atoms with Crippen molar-refractivity contribution in [1.29, 1.82) is 0 Å². The van der Waals surface area contributed by atoms with Crippen LogP contribution in [0.15, 0.2) is 12.4 Å². The summed E-state index contributed by atoms with van der Waals surface area (Å²) in [6, 6.07) is 2.57. The van der Waals surface area contributed by atoms with Gasteiger partial charge in [0.2, 0.25) is 0 Å². The van der Waals surface area contributed by atoms with Crippen LogP contribution in [0.5, 0.6) is 0 Å². The second-order valence-corrected chi connectivity index (χ2v) is 6.22. The van der Waals surface area contributed by atoms with E-state index in [0.29, 0.717) is 6.04 Å². The molecule has 2 unspecified atom stereocenters. The predicted octanol–water partition coefficient (Wildman–Crippen LogP) is 3.38. The van der Waals surface area contributed by atoms with Crippen molar-refractivity contribution in [3.05, 3.63) is 12.4 Å². The molecule has 19 heavy (non-hydrogen) atoms. The van der Waals surface area contributed by atoms with Crippen LogP contribution in [-0.4, -0.2) is 34.1 Å². The van der Waals surface area contributed by atoms with Crippen LogP contribution in [0.2, 0.25) is 0 Å². The Bertz CT molecular complexity index is 385. The minimum atomic E-state index is 0.556. The van der Waals surface area contributed by atoms with E-state index < -0.39 is 0 Å². The molecule has 1 saturated carbocycles. The Labute approximate surface area is 120 Å². The molecular formula is C14H24N4S. The monoisotopic (exact) mass is 280 g/mol. The molecule has 2 N–H and O–H groups in total. The zero-order valence-corrected chi connectivity index (χ0v) is 12.7. The molecule has 0 saturated heterocycles. The van der Waals surface area contributed by atoms with Gasteiger partial charge in [0.05, 0.1) is 0 Å². The topological polar surface area (TPSA) is 49.8 Å². The van der Waals surface area contributed by atoms with Crippen LogP contribution in [0.4, 0.5) is 11.6 Å². The molecule has 4 nitrogen and oxygen atoms in total. The quantitative estimate of drug-likeness (QED) is 0.836. The van der Waals surface area contributed by atoms with Gasteiger partial charge in [-0.3, -0.25) is 0 Å². The summed E-state index contributed by atoms with van der Waals surface area (Å²) in [4.78, 5) is 8.56. The van der Waals surface area contributed by atoms with E-state index in [2.05, 4.69) is 33.8 Å². The first-order chi connectivity index (χ1) is 9.31. The van der Waals surface area contributed by atoms with Gasteiger partial charge in [0.15, 0.2) is 0 Å². The first kappa shape index (κ1) is 14.4. The van der Waals surface area contributed by atoms with E-state index in [1.54, 1.807) is 6.33 Å². The van der Waals surface area contributed by atoms with Gasteiger partial charge < -0.3 is 10.6 Å². The SMILES string of the molecule is CCCNc1cc(NC2CCCC(SC)C2)ncn1. The maximum absolute atomic E-state index is 4.32. The maximum atomic E-state index is 4.32. The molecule has 0 radical (unpaired) electrons. The summed E-state index contributed by atoms with van der Waals surface area (Å²) >= 11 is 1.99. The van der Waals surface area contributed by atoms with E-state index in [1.165, 1.54) is 25.7 Å². The zero-order valence-electron chi connectivity index (χ0n) is 11.9. The predicted molar refractivity (Wildman–Crippen MR) is 84.0 cm³/mol. The zero-order chi connectivity index (χ0) is 13.5. The maximum Gasteiger partial charge on any atom is 0.131 e. The lowest BCUT2D eigenvalue weighted by atomic mass is 9.95. The highest BCUT2D eigenvalue weighted by atomic mass is 32.2. The molecule has 5 heteroatoms. The number of nitrogens with one attached hydrogen (secondary N) is 2. The molecular weight excluding hydrogens is 256 g/mol. The summed E-state index contributed by atoms with van der Waals surface area (Å²) in [5.74, 6) is 1.86. The third-order valence-electron chi connectivity index (χ3n) is 3.53. The van der Waals surface area contributed by atoms with E-state index in [1.807, 2.05) is 17.8 Å². The molecule has 1 heterocycles. The van der Waals surface area contributed by atoms with Crippen molar-refractivity contribution in [3.8, 4) is 0 Å². The van der Waals surface area contributed by atoms with Crippen LogP contribution >= 0.6 is 11.8 Å². The number of hydrogen-bond acceptors (Lipinski definition) is 5. The first-order valence-electron chi connectivity index (χ1n) is 7.17. The van der Waals surface area contributed by atoms with Gasteiger partial charge in [0.25, 0.3) is 0 Å². The van der Waals surface area contributed by atoms with Crippen LogP contribution in [-0.2, 0) is 0 Å². The summed E-state index contributed by atoms with van der Waals surface area (Å²) in [6.45, 7) is 3.10. The number of thioether (sulfide) groups is 1. The van der Waals surface area contributed by atoms with Crippen molar-refractivity contribution < 1.29 is 0 Å². The summed E-state index contributed by atoms with van der Waals surface area (Å²) < 4.78 is 0. The minimum Gasteiger partial charge on any atom is -0.370 e. The van der Waals surface area contributed by atoms with Gasteiger partial charge in [0.1, 0.15) is 18.0 Å². The summed E-state index contributed by atoms with van der Waals surface area (Å²) in [6.07, 6.45) is 10.1. The van der Waals surface area contributed by atoms with E-state index >= 15 is 0 Å². The van der Waals surface area contributed by atoms with Crippen molar-refractivity contribution in [2.24, 2.45) is 0 Å². The van der Waals surface area contributed by atoms with Crippen molar-refractivity contribution >= 4 is 23.4 Å². The van der Waals surface area contributed by atoms with Gasteiger partial charge in [-0.1, -0.05) is 13.3 Å². The molecule has 2 atom stereocenters. The van der Waals surface area contributed by atoms with Crippen molar-refractivity contribution in [2.75, 3.05) is 23.4 Å². The Morgan fingerprint density at radius 1 is 1.32 bits per heavy atom. The van der Waals surface area contributed by atoms with Gasteiger partial charge in [0, 0.05) is 23.9 Å². The highest BCUT2D eigenvalue weighted by Crippen LogP contribution is 2.28. The van der Waals surface area contributed by atoms with Crippen LogP contribution < -0.4 is 10.6 Å². The number of rotatable bonds is 6. The number of hydrogen-bond donors (Lipinski definition) is 2. The minimum absolute atomic E-state index is 0.556. The molecule has 1 aliphatic rings. The Morgan fingerprint density at radius 3 is 2.95 bits per heavy atom. The summed E-state index contributed by atoms with van der Waals surface area (Å²) in [5.41, 5.74) is 0. The molecule has 0 aromatic carbocycles. The highest BCUT2D eigenvalue weighted by Gasteiger charge is 2.21. The summed E-state index contributed by atoms with van der Waals surface area (Å²) in [7, 11) is 0. The Balaban J connectivity index is 1.90. The lowest BCUT2D eigenvalue weighted by molar-refractivity contribution is 0.472. The van der Waals surface area contributed by atoms with Crippen LogP contribution in [0.1, 0.15) is 39.0 Å². The number of anilines is 2. The van der Waals surface area contributed by atoms with Gasteiger partial charge >= 0.3 is 0 Å². The molecule has 1 aromatic heterocycles. The Kier molecular flexibility index (Phi) is 5.76. The molecule has 0 aliphatic heterocycles. The van der Waals surface area contributed by atoms with Crippen LogP contribution in [0.3, 0.4) is 0 Å². The number of nitrogens with zero attached hydrogens (tertiary/aromatic N) is 2. The van der Waals surface area contributed by atoms with E-state index in [9.17, 15) is 0 Å². The Morgan fingerprint density at radius 2 is 2.16 bits per heavy atom. The Hall–Kier alpha value is -0.970. The average molecular weight is 280 g/mol. The molecule has 0 bridgehead atoms. The average Bonchev–Trinajstić information content (AvgIpc) is 2.46. The lowest BCUT2D eigenvalue weighted by Crippen LogP contribution is -2.28. The van der Waals surface area contributed by atoms with E-state index in [-0.39, 0.29) is 0 Å². The fraction of sp³-hybridized carbons (Fsp3) is 0.714. The van der Waals surface area contributed by atoms with Crippen molar-refractivity contribution in [2.45, 2.75) is 50.3 Å². The first-order valence-corrected chi connectivity index (χ1v) is 8.46. The van der Waals surface area contributed by atoms with E-state index in [0.717, 1.165) is 29.9 Å². The van der Waals surface area contributed by atoms with Gasteiger partial charge in [-0.15, -0.1) is 0 Å². The molecule has 106 valence electrons. The largest absolute Gasteiger partial charge is 0.370 e. The third-order valence-corrected chi connectivity index (χ3v) is 4.63. The number of aromatic nitrogens is 2. The molecule has 0 spiro atoms. The van der Waals surface area contributed by atoms with Crippen molar-refractivity contribution in [3.63, 3.8) is 0 Å². The van der Waals surface area contributed by atoms with Gasteiger partial charge in [-0.05, 0) is 31.9 Å². The molecule has 0 amide bonds. The van der Waals surface area contributed by atoms with Crippen molar-refractivity contribution in [1.82, 2.24) is 9.97 Å². The second kappa shape index (κ2) is 7.58. The van der Waals surface area contributed by atoms with Gasteiger partial charge in [-0.25, -0.2) is 9.97 Å². The molecule has 1 aliphatic carbocycles. The fourth-order valence-corrected chi connectivity index (χ4v) is 3.31. The molecule has 1 aromatic rings. The second-order valence-electron chi connectivity index (χ2n) is 5.08. The van der Waals surface area contributed by atoms with Crippen LogP contribution in [0, 0.1) is 0 Å². The highest BCUT2D eigenvalue weighted by molar-refractivity contribution is 7.99. The lowest BCUT2D eigenvalue weighted by Gasteiger charge is -2.29. The molecule has 1 fully saturated rings. The van der Waals surface area contributed by atoms with Gasteiger partial charge in [-0.2, -0.15) is 11.8 Å². The van der Waals surface area contributed by atoms with E-state index in [4.69, 9.17) is 0 Å². The summed E-state index contributed by atoms with van der Waals surface area (Å²) in [5, 5.41) is 7.65. The standard InChI is InChI=1S/C14H24N4S/c1-3-7-15-13-9-14(17-10-16-13)18-11-5-4-6-12(8-11)19-2/h9-12H,3-8H2,1-2H3,(H2,15,16,17,18).